The quantitative estimate of drug-likeness (QED) is 0.422. The van der Waals surface area contributed by atoms with E-state index in [1.54, 1.807) is 27.7 Å². The van der Waals surface area contributed by atoms with Gasteiger partial charge in [0.25, 0.3) is 5.78 Å². The monoisotopic (exact) mass is 296 g/mol. The molecule has 104 valence electrons. The molecule has 0 fully saturated rings. The molecule has 18 heavy (non-hydrogen) atoms. The molecule has 1 unspecified atom stereocenters. The van der Waals surface area contributed by atoms with Crippen LogP contribution < -0.4 is 0 Å². The highest BCUT2D eigenvalue weighted by atomic mass is 35.5. The summed E-state index contributed by atoms with van der Waals surface area (Å²) >= 11 is 6.53. The highest BCUT2D eigenvalue weighted by Gasteiger charge is 2.29. The van der Waals surface area contributed by atoms with Crippen LogP contribution in [0.25, 0.3) is 0 Å². The first kappa shape index (κ1) is 17.2. The van der Waals surface area contributed by atoms with Crippen LogP contribution in [-0.2, 0) is 23.9 Å². The number of carbonyl (C=O) groups excluding carboxylic acids is 3. The van der Waals surface area contributed by atoms with E-state index in [9.17, 15) is 14.4 Å². The normalized spacial score (nSPS) is 12.7. The Balaban J connectivity index is 4.18. The van der Waals surface area contributed by atoms with Gasteiger partial charge in [0.1, 0.15) is 10.3 Å². The third-order valence-electron chi connectivity index (χ3n) is 1.46. The number of hydrogen-bond donors (Lipinski definition) is 0. The van der Waals surface area contributed by atoms with E-state index >= 15 is 0 Å². The highest BCUT2D eigenvalue weighted by molar-refractivity contribution is 8.02. The van der Waals surface area contributed by atoms with Crippen LogP contribution >= 0.6 is 23.4 Å². The first-order chi connectivity index (χ1) is 8.17. The van der Waals surface area contributed by atoms with Crippen molar-refractivity contribution in [2.24, 2.45) is 0 Å². The molecule has 0 rings (SSSR count). The second kappa shape index (κ2) is 7.63. The van der Waals surface area contributed by atoms with Gasteiger partial charge in [-0.05, 0) is 27.7 Å². The number of Topliss-reactive ketones (excluding diaryl/α,β-unsaturated/α-hetero) is 1. The molecule has 5 nitrogen and oxygen atoms in total. The largest absolute Gasteiger partial charge is 0.465 e. The van der Waals surface area contributed by atoms with E-state index in [-0.39, 0.29) is 12.4 Å². The molecule has 7 heteroatoms. The lowest BCUT2D eigenvalue weighted by molar-refractivity contribution is -0.161. The molecule has 0 bridgehead atoms. The van der Waals surface area contributed by atoms with Crippen molar-refractivity contribution in [2.45, 2.75) is 38.0 Å². The van der Waals surface area contributed by atoms with Gasteiger partial charge in [0.05, 0.1) is 12.4 Å². The van der Waals surface area contributed by atoms with Crippen molar-refractivity contribution in [2.75, 3.05) is 12.4 Å². The Morgan fingerprint density at radius 1 is 1.28 bits per heavy atom. The van der Waals surface area contributed by atoms with E-state index in [4.69, 9.17) is 16.3 Å². The third kappa shape index (κ3) is 7.55. The van der Waals surface area contributed by atoms with Crippen molar-refractivity contribution in [3.63, 3.8) is 0 Å². The number of ether oxygens (including phenoxy) is 2. The van der Waals surface area contributed by atoms with Gasteiger partial charge < -0.3 is 9.47 Å². The maximum atomic E-state index is 11.5. The number of carbonyl (C=O) groups is 3. The van der Waals surface area contributed by atoms with E-state index in [1.165, 1.54) is 0 Å². The summed E-state index contributed by atoms with van der Waals surface area (Å²) in [6.07, 6.45) is 0. The lowest BCUT2D eigenvalue weighted by atomic mass is 10.2. The van der Waals surface area contributed by atoms with Crippen molar-refractivity contribution < 1.29 is 23.9 Å². The molecule has 0 amide bonds. The van der Waals surface area contributed by atoms with Gasteiger partial charge in [-0.25, -0.2) is 4.79 Å². The fraction of sp³-hybridized carbons (Fsp3) is 0.727. The molecule has 0 N–H and O–H groups in total. The molecular weight excluding hydrogens is 280 g/mol. The Hall–Kier alpha value is -0.750. The SMILES string of the molecule is CCOC(=O)CSC(Cl)C(=O)C(=O)OC(C)(C)C. The van der Waals surface area contributed by atoms with Crippen molar-refractivity contribution in [1.29, 1.82) is 0 Å². The zero-order chi connectivity index (χ0) is 14.3. The molecule has 0 aliphatic heterocycles. The summed E-state index contributed by atoms with van der Waals surface area (Å²) in [5, 5.41) is 0. The lowest BCUT2D eigenvalue weighted by Crippen LogP contribution is -2.32. The molecule has 0 aliphatic carbocycles. The van der Waals surface area contributed by atoms with Gasteiger partial charge >= 0.3 is 11.9 Å². The topological polar surface area (TPSA) is 69.7 Å². The van der Waals surface area contributed by atoms with E-state index in [0.29, 0.717) is 0 Å². The van der Waals surface area contributed by atoms with Crippen LogP contribution in [0.4, 0.5) is 0 Å². The average Bonchev–Trinajstić information content (AvgIpc) is 2.22. The van der Waals surface area contributed by atoms with E-state index in [1.807, 2.05) is 0 Å². The first-order valence-corrected chi connectivity index (χ1v) is 6.84. The second-order valence-electron chi connectivity index (χ2n) is 4.30. The van der Waals surface area contributed by atoms with Gasteiger partial charge in [0.2, 0.25) is 0 Å². The molecule has 0 saturated carbocycles. The molecule has 0 spiro atoms. The van der Waals surface area contributed by atoms with Crippen LogP contribution in [0.5, 0.6) is 0 Å². The Morgan fingerprint density at radius 2 is 1.83 bits per heavy atom. The molecular formula is C11H17ClO5S. The predicted octanol–water partition coefficient (Wildman–Crippen LogP) is 1.76. The Labute approximate surface area is 116 Å². The number of halogens is 1. The molecule has 0 aromatic carbocycles. The van der Waals surface area contributed by atoms with Gasteiger partial charge in [-0.2, -0.15) is 0 Å². The number of hydrogen-bond acceptors (Lipinski definition) is 6. The lowest BCUT2D eigenvalue weighted by Gasteiger charge is -2.19. The predicted molar refractivity (Wildman–Crippen MR) is 69.6 cm³/mol. The summed E-state index contributed by atoms with van der Waals surface area (Å²) in [4.78, 5) is 33.9. The molecule has 0 aromatic heterocycles. The van der Waals surface area contributed by atoms with Crippen LogP contribution in [0, 0.1) is 0 Å². The van der Waals surface area contributed by atoms with Crippen molar-refractivity contribution >= 4 is 41.1 Å². The van der Waals surface area contributed by atoms with Gasteiger partial charge in [0, 0.05) is 0 Å². The minimum absolute atomic E-state index is 0.0868. The van der Waals surface area contributed by atoms with Crippen LogP contribution in [-0.4, -0.2) is 40.4 Å². The Kier molecular flexibility index (Phi) is 7.32. The van der Waals surface area contributed by atoms with Gasteiger partial charge in [-0.15, -0.1) is 23.4 Å². The van der Waals surface area contributed by atoms with Crippen LogP contribution in [0.2, 0.25) is 0 Å². The van der Waals surface area contributed by atoms with E-state index in [2.05, 4.69) is 4.74 Å². The summed E-state index contributed by atoms with van der Waals surface area (Å²) < 4.78 is 8.39. The maximum Gasteiger partial charge on any atom is 0.377 e. The molecule has 0 radical (unpaired) electrons. The van der Waals surface area contributed by atoms with Gasteiger partial charge in [0.15, 0.2) is 0 Å². The maximum absolute atomic E-state index is 11.5. The van der Waals surface area contributed by atoms with Gasteiger partial charge in [-0.1, -0.05) is 0 Å². The standard InChI is InChI=1S/C11H17ClO5S/c1-5-16-7(13)6-18-9(12)8(14)10(15)17-11(2,3)4/h9H,5-6H2,1-4H3. The minimum Gasteiger partial charge on any atom is -0.465 e. The fourth-order valence-corrected chi connectivity index (χ4v) is 1.73. The smallest absolute Gasteiger partial charge is 0.377 e. The molecule has 0 aromatic rings. The zero-order valence-corrected chi connectivity index (χ0v) is 12.4. The Morgan fingerprint density at radius 3 is 2.28 bits per heavy atom. The molecule has 1 atom stereocenters. The number of rotatable bonds is 6. The highest BCUT2D eigenvalue weighted by Crippen LogP contribution is 2.18. The molecule has 0 aliphatic rings. The summed E-state index contributed by atoms with van der Waals surface area (Å²) in [5.74, 6) is -2.44. The summed E-state index contributed by atoms with van der Waals surface area (Å²) in [6.45, 7) is 6.87. The average molecular weight is 297 g/mol. The van der Waals surface area contributed by atoms with Crippen molar-refractivity contribution in [1.82, 2.24) is 0 Å². The van der Waals surface area contributed by atoms with E-state index in [0.717, 1.165) is 11.8 Å². The number of ketones is 1. The van der Waals surface area contributed by atoms with Crippen LogP contribution in [0.3, 0.4) is 0 Å². The number of alkyl halides is 1. The second-order valence-corrected chi connectivity index (χ2v) is 6.09. The molecule has 0 saturated heterocycles. The Bertz CT molecular complexity index is 324. The van der Waals surface area contributed by atoms with E-state index < -0.39 is 28.0 Å². The number of thioether (sulfide) groups is 1. The first-order valence-electron chi connectivity index (χ1n) is 5.36. The van der Waals surface area contributed by atoms with Crippen LogP contribution in [0.15, 0.2) is 0 Å². The van der Waals surface area contributed by atoms with Crippen LogP contribution in [0.1, 0.15) is 27.7 Å². The number of esters is 2. The third-order valence-corrected chi connectivity index (χ3v) is 2.94. The summed E-state index contributed by atoms with van der Waals surface area (Å²) in [5.41, 5.74) is -0.755. The summed E-state index contributed by atoms with van der Waals surface area (Å²) in [7, 11) is 0. The molecule has 0 heterocycles. The van der Waals surface area contributed by atoms with Crippen molar-refractivity contribution in [3.8, 4) is 0 Å². The minimum atomic E-state index is -1.15. The summed E-state index contributed by atoms with van der Waals surface area (Å²) in [6, 6.07) is 0. The zero-order valence-electron chi connectivity index (χ0n) is 10.8. The fourth-order valence-electron chi connectivity index (χ4n) is 0.841. The van der Waals surface area contributed by atoms with Crippen molar-refractivity contribution in [3.05, 3.63) is 0 Å². The van der Waals surface area contributed by atoms with Gasteiger partial charge in [-0.3, -0.25) is 9.59 Å².